The number of hydrogen-bond donors (Lipinski definition) is 2. The molecule has 1 aromatic heterocycles. The molecule has 6 heteroatoms. The molecule has 1 aromatic carbocycles. The van der Waals surface area contributed by atoms with E-state index in [1.807, 2.05) is 13.8 Å². The molecular weight excluding hydrogens is 343 g/mol. The van der Waals surface area contributed by atoms with Crippen molar-refractivity contribution in [1.82, 2.24) is 20.4 Å². The van der Waals surface area contributed by atoms with Gasteiger partial charge in [-0.2, -0.15) is 5.10 Å². The third kappa shape index (κ3) is 3.16. The van der Waals surface area contributed by atoms with Gasteiger partial charge in [0.25, 0.3) is 0 Å². The number of fused-ring (bicyclic) bond motifs is 1. The maximum atomic E-state index is 13.2. The molecule has 2 N–H and O–H groups in total. The third-order valence-corrected chi connectivity index (χ3v) is 6.42. The Balaban J connectivity index is 1.52. The highest BCUT2D eigenvalue weighted by Crippen LogP contribution is 2.44. The van der Waals surface area contributed by atoms with Gasteiger partial charge in [-0.15, -0.1) is 0 Å². The number of nitrogens with one attached hydrogen (secondary N) is 2. The van der Waals surface area contributed by atoms with Gasteiger partial charge >= 0.3 is 0 Å². The highest BCUT2D eigenvalue weighted by Gasteiger charge is 2.50. The van der Waals surface area contributed by atoms with Crippen LogP contribution in [0.15, 0.2) is 30.5 Å². The summed E-state index contributed by atoms with van der Waals surface area (Å²) >= 11 is 0. The average Bonchev–Trinajstić information content (AvgIpc) is 3.27. The molecule has 1 saturated heterocycles. The van der Waals surface area contributed by atoms with Crippen molar-refractivity contribution in [2.75, 3.05) is 13.1 Å². The van der Waals surface area contributed by atoms with E-state index in [9.17, 15) is 9.18 Å². The summed E-state index contributed by atoms with van der Waals surface area (Å²) in [6, 6.07) is 6.15. The van der Waals surface area contributed by atoms with E-state index in [1.54, 1.807) is 23.0 Å². The van der Waals surface area contributed by atoms with Crippen molar-refractivity contribution < 1.29 is 9.18 Å². The van der Waals surface area contributed by atoms with Gasteiger partial charge in [0.1, 0.15) is 5.82 Å². The van der Waals surface area contributed by atoms with E-state index in [0.29, 0.717) is 5.92 Å². The van der Waals surface area contributed by atoms with Crippen LogP contribution in [0.4, 0.5) is 4.39 Å². The number of benzene rings is 1. The maximum Gasteiger partial charge on any atom is 0.228 e. The molecule has 2 fully saturated rings. The lowest BCUT2D eigenvalue weighted by Gasteiger charge is -2.37. The zero-order chi connectivity index (χ0) is 19.0. The molecule has 4 rings (SSSR count). The Morgan fingerprint density at radius 3 is 2.93 bits per heavy atom. The van der Waals surface area contributed by atoms with Crippen LogP contribution < -0.4 is 10.6 Å². The third-order valence-electron chi connectivity index (χ3n) is 6.42. The van der Waals surface area contributed by atoms with Gasteiger partial charge in [-0.1, -0.05) is 12.8 Å². The quantitative estimate of drug-likeness (QED) is 0.868. The van der Waals surface area contributed by atoms with Crippen molar-refractivity contribution in [1.29, 1.82) is 0 Å². The van der Waals surface area contributed by atoms with Crippen LogP contribution in [-0.4, -0.2) is 28.8 Å². The topological polar surface area (TPSA) is 59.0 Å². The van der Waals surface area contributed by atoms with Gasteiger partial charge in [-0.25, -0.2) is 9.07 Å². The fraction of sp³-hybridized carbons (Fsp3) is 0.524. The maximum absolute atomic E-state index is 13.2. The van der Waals surface area contributed by atoms with Gasteiger partial charge in [0.2, 0.25) is 5.91 Å². The molecule has 144 valence electrons. The standard InChI is InChI=1S/C21H27FN4O/c1-14(25-20(27)21-10-4-3-5-16(21)11-23-13-21)19-12-24-26(15(19)2)18-8-6-17(22)7-9-18/h6-9,12,14,16,23H,3-5,10-11,13H2,1-2H3,(H,25,27)/t14?,16-,21+/m0/s1. The van der Waals surface area contributed by atoms with Crippen molar-refractivity contribution in [2.24, 2.45) is 11.3 Å². The minimum Gasteiger partial charge on any atom is -0.349 e. The fourth-order valence-corrected chi connectivity index (χ4v) is 4.80. The Labute approximate surface area is 159 Å². The minimum absolute atomic E-state index is 0.121. The lowest BCUT2D eigenvalue weighted by molar-refractivity contribution is -0.134. The summed E-state index contributed by atoms with van der Waals surface area (Å²) in [5.74, 6) is 0.344. The summed E-state index contributed by atoms with van der Waals surface area (Å²) in [5.41, 5.74) is 2.50. The van der Waals surface area contributed by atoms with Gasteiger partial charge in [0.05, 0.1) is 23.3 Å². The molecule has 5 nitrogen and oxygen atoms in total. The number of carbonyl (C=O) groups is 1. The van der Waals surface area contributed by atoms with Gasteiger partial charge < -0.3 is 10.6 Å². The van der Waals surface area contributed by atoms with Crippen LogP contribution >= 0.6 is 0 Å². The minimum atomic E-state index is -0.268. The van der Waals surface area contributed by atoms with E-state index >= 15 is 0 Å². The second-order valence-electron chi connectivity index (χ2n) is 8.00. The number of amides is 1. The van der Waals surface area contributed by atoms with E-state index < -0.39 is 0 Å². The van der Waals surface area contributed by atoms with Gasteiger partial charge in [-0.3, -0.25) is 4.79 Å². The Kier molecular flexibility index (Phi) is 4.76. The van der Waals surface area contributed by atoms with Crippen molar-refractivity contribution in [3.8, 4) is 5.69 Å². The van der Waals surface area contributed by atoms with E-state index in [0.717, 1.165) is 49.3 Å². The van der Waals surface area contributed by atoms with E-state index in [2.05, 4.69) is 15.7 Å². The number of nitrogens with zero attached hydrogens (tertiary/aromatic N) is 2. The van der Waals surface area contributed by atoms with Gasteiger partial charge in [0, 0.05) is 17.8 Å². The highest BCUT2D eigenvalue weighted by molar-refractivity contribution is 5.84. The molecule has 0 bridgehead atoms. The normalized spacial score (nSPS) is 25.8. The summed E-state index contributed by atoms with van der Waals surface area (Å²) in [6.07, 6.45) is 6.25. The number of rotatable bonds is 4. The largest absolute Gasteiger partial charge is 0.349 e. The number of aromatic nitrogens is 2. The smallest absolute Gasteiger partial charge is 0.228 e. The predicted molar refractivity (Wildman–Crippen MR) is 102 cm³/mol. The molecule has 27 heavy (non-hydrogen) atoms. The fourth-order valence-electron chi connectivity index (χ4n) is 4.80. The molecule has 0 radical (unpaired) electrons. The summed E-state index contributed by atoms with van der Waals surface area (Å²) in [7, 11) is 0. The van der Waals surface area contributed by atoms with E-state index in [1.165, 1.54) is 18.6 Å². The number of halogens is 1. The SMILES string of the molecule is Cc1c(C(C)NC(=O)[C@@]23CCCC[C@H]2CNC3)cnn1-c1ccc(F)cc1. The van der Waals surface area contributed by atoms with Crippen molar-refractivity contribution in [3.05, 3.63) is 47.5 Å². The van der Waals surface area contributed by atoms with Crippen LogP contribution in [-0.2, 0) is 4.79 Å². The van der Waals surface area contributed by atoms with Crippen LogP contribution in [0.5, 0.6) is 0 Å². The van der Waals surface area contributed by atoms with Crippen LogP contribution in [0.3, 0.4) is 0 Å². The second-order valence-corrected chi connectivity index (χ2v) is 8.00. The molecule has 2 heterocycles. The lowest BCUT2D eigenvalue weighted by Crippen LogP contribution is -2.48. The Morgan fingerprint density at radius 1 is 1.37 bits per heavy atom. The van der Waals surface area contributed by atoms with Gasteiger partial charge in [-0.05, 0) is 63.4 Å². The number of hydrogen-bond acceptors (Lipinski definition) is 3. The first-order chi connectivity index (χ1) is 13.0. The molecule has 1 unspecified atom stereocenters. The predicted octanol–water partition coefficient (Wildman–Crippen LogP) is 3.28. The molecule has 1 saturated carbocycles. The lowest BCUT2D eigenvalue weighted by atomic mass is 9.67. The van der Waals surface area contributed by atoms with Gasteiger partial charge in [0.15, 0.2) is 0 Å². The first-order valence-electron chi connectivity index (χ1n) is 9.83. The van der Waals surface area contributed by atoms with Crippen molar-refractivity contribution in [2.45, 2.75) is 45.6 Å². The van der Waals surface area contributed by atoms with Crippen LogP contribution in [0.25, 0.3) is 5.69 Å². The summed E-state index contributed by atoms with van der Waals surface area (Å²) in [4.78, 5) is 13.2. The first kappa shape index (κ1) is 18.2. The zero-order valence-electron chi connectivity index (χ0n) is 16.0. The highest BCUT2D eigenvalue weighted by atomic mass is 19.1. The first-order valence-corrected chi connectivity index (χ1v) is 9.83. The molecule has 1 amide bonds. The molecule has 3 atom stereocenters. The molecule has 2 aliphatic rings. The monoisotopic (exact) mass is 370 g/mol. The molecule has 2 aromatic rings. The van der Waals surface area contributed by atoms with Crippen LogP contribution in [0.2, 0.25) is 0 Å². The van der Waals surface area contributed by atoms with E-state index in [4.69, 9.17) is 0 Å². The summed E-state index contributed by atoms with van der Waals surface area (Å²) in [5, 5.41) is 11.1. The Morgan fingerprint density at radius 2 is 2.15 bits per heavy atom. The molecule has 1 aliphatic heterocycles. The van der Waals surface area contributed by atoms with Crippen molar-refractivity contribution >= 4 is 5.91 Å². The summed E-state index contributed by atoms with van der Waals surface area (Å²) in [6.45, 7) is 5.72. The Bertz CT molecular complexity index is 831. The summed E-state index contributed by atoms with van der Waals surface area (Å²) < 4.78 is 15.0. The average molecular weight is 370 g/mol. The zero-order valence-corrected chi connectivity index (χ0v) is 16.0. The molecule has 0 spiro atoms. The number of carbonyl (C=O) groups excluding carboxylic acids is 1. The van der Waals surface area contributed by atoms with E-state index in [-0.39, 0.29) is 23.2 Å². The van der Waals surface area contributed by atoms with Crippen LogP contribution in [0.1, 0.15) is 49.9 Å². The molecule has 1 aliphatic carbocycles. The van der Waals surface area contributed by atoms with Crippen LogP contribution in [0, 0.1) is 24.1 Å². The Hall–Kier alpha value is -2.21. The molecular formula is C21H27FN4O. The second kappa shape index (κ2) is 7.08. The van der Waals surface area contributed by atoms with Crippen molar-refractivity contribution in [3.63, 3.8) is 0 Å².